The highest BCUT2D eigenvalue weighted by Gasteiger charge is 2.06. The van der Waals surface area contributed by atoms with Gasteiger partial charge in [-0.2, -0.15) is 0 Å². The molecule has 3 aromatic rings. The highest BCUT2D eigenvalue weighted by Crippen LogP contribution is 2.24. The summed E-state index contributed by atoms with van der Waals surface area (Å²) in [5.74, 6) is 1.03. The zero-order valence-electron chi connectivity index (χ0n) is 12.1. The van der Waals surface area contributed by atoms with Crippen molar-refractivity contribution in [2.75, 3.05) is 5.32 Å². The third-order valence-corrected chi connectivity index (χ3v) is 3.28. The molecule has 0 spiro atoms. The van der Waals surface area contributed by atoms with Gasteiger partial charge in [0.1, 0.15) is 17.8 Å². The molecule has 0 aliphatic carbocycles. The van der Waals surface area contributed by atoms with Gasteiger partial charge in [0.2, 0.25) is 0 Å². The Labute approximate surface area is 144 Å². The van der Waals surface area contributed by atoms with Crippen LogP contribution in [0.4, 0.5) is 17.2 Å². The maximum atomic E-state index is 10.6. The van der Waals surface area contributed by atoms with Crippen molar-refractivity contribution in [3.05, 3.63) is 69.6 Å². The van der Waals surface area contributed by atoms with Crippen LogP contribution in [-0.2, 0) is 0 Å². The van der Waals surface area contributed by atoms with Crippen molar-refractivity contribution >= 4 is 33.1 Å². The largest absolute Gasteiger partial charge is 0.424 e. The second-order valence-electron chi connectivity index (χ2n) is 4.60. The number of nitro groups is 1. The van der Waals surface area contributed by atoms with E-state index < -0.39 is 4.92 Å². The van der Waals surface area contributed by atoms with Crippen molar-refractivity contribution < 1.29 is 9.66 Å². The van der Waals surface area contributed by atoms with E-state index in [-0.39, 0.29) is 11.7 Å². The molecule has 1 aromatic carbocycles. The number of hydrogen-bond donors (Lipinski definition) is 1. The molecule has 0 aliphatic heterocycles. The van der Waals surface area contributed by atoms with E-state index in [0.29, 0.717) is 17.3 Å². The molecule has 120 valence electrons. The Morgan fingerprint density at radius 2 is 1.88 bits per heavy atom. The lowest BCUT2D eigenvalue weighted by molar-refractivity contribution is -0.385. The summed E-state index contributed by atoms with van der Waals surface area (Å²) in [5, 5.41) is 13.7. The molecule has 0 bridgehead atoms. The van der Waals surface area contributed by atoms with Gasteiger partial charge in [-0.25, -0.2) is 15.0 Å². The fourth-order valence-corrected chi connectivity index (χ4v) is 2.02. The summed E-state index contributed by atoms with van der Waals surface area (Å²) in [6.45, 7) is 0. The molecule has 1 N–H and O–H groups in total. The number of hydrogen-bond acceptors (Lipinski definition) is 7. The van der Waals surface area contributed by atoms with Crippen LogP contribution in [0.25, 0.3) is 0 Å². The summed E-state index contributed by atoms with van der Waals surface area (Å²) in [7, 11) is 0. The number of pyridine rings is 1. The molecule has 9 heteroatoms. The standard InChI is InChI=1S/C15H10BrN5O3/c16-10-7-18-15(19-8-10)24-13-3-1-2-11(6-13)20-14-5-4-12(9-17-14)21(22)23/h1-9H,(H,17,20). The third kappa shape index (κ3) is 4.02. The highest BCUT2D eigenvalue weighted by atomic mass is 79.9. The summed E-state index contributed by atoms with van der Waals surface area (Å²) >= 11 is 3.25. The van der Waals surface area contributed by atoms with Crippen LogP contribution in [0.5, 0.6) is 11.8 Å². The molecule has 8 nitrogen and oxygen atoms in total. The number of benzene rings is 1. The van der Waals surface area contributed by atoms with Gasteiger partial charge >= 0.3 is 6.01 Å². The van der Waals surface area contributed by atoms with Crippen molar-refractivity contribution in [1.82, 2.24) is 15.0 Å². The lowest BCUT2D eigenvalue weighted by Gasteiger charge is -2.08. The first-order valence-electron chi connectivity index (χ1n) is 6.73. The fraction of sp³-hybridized carbons (Fsp3) is 0. The van der Waals surface area contributed by atoms with Crippen LogP contribution in [0.2, 0.25) is 0 Å². The molecule has 0 saturated carbocycles. The van der Waals surface area contributed by atoms with Gasteiger partial charge in [-0.1, -0.05) is 6.07 Å². The Bertz CT molecular complexity index is 856. The number of nitrogens with one attached hydrogen (secondary N) is 1. The van der Waals surface area contributed by atoms with Crippen LogP contribution >= 0.6 is 15.9 Å². The first-order chi connectivity index (χ1) is 11.6. The molecule has 0 unspecified atom stereocenters. The van der Waals surface area contributed by atoms with E-state index >= 15 is 0 Å². The molecule has 2 aromatic heterocycles. The SMILES string of the molecule is O=[N+]([O-])c1ccc(Nc2cccc(Oc3ncc(Br)cn3)c2)nc1. The van der Waals surface area contributed by atoms with E-state index in [4.69, 9.17) is 4.74 Å². The van der Waals surface area contributed by atoms with Gasteiger partial charge in [0.05, 0.1) is 9.40 Å². The van der Waals surface area contributed by atoms with Crippen LogP contribution in [0, 0.1) is 10.1 Å². The Kier molecular flexibility index (Phi) is 4.62. The van der Waals surface area contributed by atoms with Crippen molar-refractivity contribution in [2.24, 2.45) is 0 Å². The molecule has 2 heterocycles. The lowest BCUT2D eigenvalue weighted by atomic mass is 10.3. The van der Waals surface area contributed by atoms with Crippen LogP contribution in [-0.4, -0.2) is 19.9 Å². The molecule has 3 rings (SSSR count). The van der Waals surface area contributed by atoms with Gasteiger partial charge in [0.25, 0.3) is 5.69 Å². The summed E-state index contributed by atoms with van der Waals surface area (Å²) in [5.41, 5.74) is 0.649. The number of aromatic nitrogens is 3. The molecule has 0 amide bonds. The predicted molar refractivity (Wildman–Crippen MR) is 90.4 cm³/mol. The summed E-state index contributed by atoms with van der Waals surface area (Å²) in [4.78, 5) is 22.2. The molecular formula is C15H10BrN5O3. The second kappa shape index (κ2) is 7.01. The van der Waals surface area contributed by atoms with Crippen molar-refractivity contribution in [3.8, 4) is 11.8 Å². The van der Waals surface area contributed by atoms with Gasteiger partial charge in [0.15, 0.2) is 0 Å². The Morgan fingerprint density at radius 3 is 2.54 bits per heavy atom. The highest BCUT2D eigenvalue weighted by molar-refractivity contribution is 9.10. The van der Waals surface area contributed by atoms with E-state index in [1.54, 1.807) is 30.6 Å². The predicted octanol–water partition coefficient (Wildman–Crippen LogP) is 4.08. The normalized spacial score (nSPS) is 10.2. The molecule has 24 heavy (non-hydrogen) atoms. The van der Waals surface area contributed by atoms with E-state index in [9.17, 15) is 10.1 Å². The molecular weight excluding hydrogens is 378 g/mol. The average Bonchev–Trinajstić information content (AvgIpc) is 2.58. The maximum absolute atomic E-state index is 10.6. The van der Waals surface area contributed by atoms with E-state index in [1.807, 2.05) is 6.07 Å². The molecule has 0 fully saturated rings. The van der Waals surface area contributed by atoms with Gasteiger partial charge in [-0.05, 0) is 34.1 Å². The number of ether oxygens (including phenoxy) is 1. The summed E-state index contributed by atoms with van der Waals surface area (Å²) < 4.78 is 6.33. The smallest absolute Gasteiger partial charge is 0.321 e. The Balaban J connectivity index is 1.72. The molecule has 0 radical (unpaired) electrons. The molecule has 0 aliphatic rings. The quantitative estimate of drug-likeness (QED) is 0.519. The second-order valence-corrected chi connectivity index (χ2v) is 5.51. The first kappa shape index (κ1) is 15.8. The topological polar surface area (TPSA) is 103 Å². The summed E-state index contributed by atoms with van der Waals surface area (Å²) in [6, 6.07) is 10.3. The van der Waals surface area contributed by atoms with Gasteiger partial charge < -0.3 is 10.1 Å². The minimum absolute atomic E-state index is 0.0648. The van der Waals surface area contributed by atoms with Crippen LogP contribution in [0.1, 0.15) is 0 Å². The van der Waals surface area contributed by atoms with Crippen molar-refractivity contribution in [2.45, 2.75) is 0 Å². The zero-order chi connectivity index (χ0) is 16.9. The van der Waals surface area contributed by atoms with E-state index in [2.05, 4.69) is 36.2 Å². The van der Waals surface area contributed by atoms with Crippen LogP contribution < -0.4 is 10.1 Å². The number of nitrogens with zero attached hydrogens (tertiary/aromatic N) is 4. The van der Waals surface area contributed by atoms with E-state index in [0.717, 1.165) is 4.47 Å². The van der Waals surface area contributed by atoms with Crippen LogP contribution in [0.3, 0.4) is 0 Å². The Hall–Kier alpha value is -3.07. The van der Waals surface area contributed by atoms with E-state index in [1.165, 1.54) is 18.3 Å². The Morgan fingerprint density at radius 1 is 1.08 bits per heavy atom. The zero-order valence-corrected chi connectivity index (χ0v) is 13.7. The van der Waals surface area contributed by atoms with Gasteiger partial charge in [-0.3, -0.25) is 10.1 Å². The number of rotatable bonds is 5. The third-order valence-electron chi connectivity index (χ3n) is 2.87. The van der Waals surface area contributed by atoms with Crippen LogP contribution in [0.15, 0.2) is 59.5 Å². The van der Waals surface area contributed by atoms with Crippen molar-refractivity contribution in [3.63, 3.8) is 0 Å². The number of anilines is 2. The molecule has 0 saturated heterocycles. The number of halogens is 1. The fourth-order valence-electron chi connectivity index (χ4n) is 1.81. The lowest BCUT2D eigenvalue weighted by Crippen LogP contribution is -1.96. The minimum Gasteiger partial charge on any atom is -0.424 e. The van der Waals surface area contributed by atoms with Gasteiger partial charge in [0, 0.05) is 30.2 Å². The first-order valence-corrected chi connectivity index (χ1v) is 7.52. The maximum Gasteiger partial charge on any atom is 0.321 e. The van der Waals surface area contributed by atoms with Crippen molar-refractivity contribution in [1.29, 1.82) is 0 Å². The molecule has 0 atom stereocenters. The monoisotopic (exact) mass is 387 g/mol. The summed E-state index contributed by atoms with van der Waals surface area (Å²) in [6.07, 6.45) is 4.37. The van der Waals surface area contributed by atoms with Gasteiger partial charge in [-0.15, -0.1) is 0 Å². The average molecular weight is 388 g/mol. The minimum atomic E-state index is -0.497.